The molecule has 0 unspecified atom stereocenters. The summed E-state index contributed by atoms with van der Waals surface area (Å²) in [6, 6.07) is 22.8. The molecule has 1 heterocycles. The summed E-state index contributed by atoms with van der Waals surface area (Å²) in [5.74, 6) is 0.182. The van der Waals surface area contributed by atoms with Gasteiger partial charge in [-0.25, -0.2) is 9.78 Å². The number of aromatic nitrogens is 2. The Kier molecular flexibility index (Phi) is 6.50. The van der Waals surface area contributed by atoms with Gasteiger partial charge in [0.05, 0.1) is 23.2 Å². The highest BCUT2D eigenvalue weighted by Gasteiger charge is 2.18. The molecule has 1 aromatic heterocycles. The maximum absolute atomic E-state index is 13.0. The molecule has 4 aromatic rings. The zero-order chi connectivity index (χ0) is 24.3. The Bertz CT molecular complexity index is 1310. The maximum atomic E-state index is 13.0. The van der Waals surface area contributed by atoms with Crippen LogP contribution in [0.4, 0.5) is 5.69 Å². The summed E-state index contributed by atoms with van der Waals surface area (Å²) in [5, 5.41) is 2.91. The Morgan fingerprint density at radius 1 is 0.941 bits per heavy atom. The number of nitrogens with one attached hydrogen (secondary N) is 1. The van der Waals surface area contributed by atoms with Crippen LogP contribution >= 0.6 is 0 Å². The maximum Gasteiger partial charge on any atom is 0.338 e. The number of hydrogen-bond donors (Lipinski definition) is 1. The predicted octanol–water partition coefficient (Wildman–Crippen LogP) is 5.82. The van der Waals surface area contributed by atoms with Crippen molar-refractivity contribution in [3.05, 3.63) is 83.9 Å². The van der Waals surface area contributed by atoms with E-state index in [-0.39, 0.29) is 23.8 Å². The van der Waals surface area contributed by atoms with Crippen molar-refractivity contribution in [2.75, 3.05) is 11.9 Å². The number of esters is 1. The van der Waals surface area contributed by atoms with Gasteiger partial charge in [-0.2, -0.15) is 0 Å². The Hall–Kier alpha value is -3.93. The predicted molar refractivity (Wildman–Crippen MR) is 135 cm³/mol. The standard InChI is InChI=1S/C28H29N3O3/c1-5-34-27(33)20-12-16-22(17-13-20)29-25(32)18-31-24-9-7-6-8-23(24)30-26(31)19-10-14-21(15-11-19)28(2,3)4/h6-17H,5,18H2,1-4H3,(H,29,32). The van der Waals surface area contributed by atoms with Crippen molar-refractivity contribution in [2.45, 2.75) is 39.7 Å². The monoisotopic (exact) mass is 455 g/mol. The normalized spacial score (nSPS) is 11.4. The number of hydrogen-bond acceptors (Lipinski definition) is 4. The van der Waals surface area contributed by atoms with Crippen LogP contribution in [0.2, 0.25) is 0 Å². The van der Waals surface area contributed by atoms with Crippen LogP contribution in [-0.2, 0) is 21.5 Å². The number of benzene rings is 3. The second-order valence-electron chi connectivity index (χ2n) is 9.18. The number of para-hydroxylation sites is 2. The Morgan fingerprint density at radius 3 is 2.26 bits per heavy atom. The molecule has 3 aromatic carbocycles. The molecule has 1 amide bonds. The van der Waals surface area contributed by atoms with Crippen LogP contribution < -0.4 is 5.32 Å². The molecule has 0 saturated carbocycles. The van der Waals surface area contributed by atoms with E-state index in [0.717, 1.165) is 22.4 Å². The molecule has 0 radical (unpaired) electrons. The summed E-state index contributed by atoms with van der Waals surface area (Å²) in [4.78, 5) is 29.6. The molecule has 0 atom stereocenters. The lowest BCUT2D eigenvalue weighted by molar-refractivity contribution is -0.116. The lowest BCUT2D eigenvalue weighted by Gasteiger charge is -2.19. The van der Waals surface area contributed by atoms with Gasteiger partial charge in [-0.1, -0.05) is 57.2 Å². The van der Waals surface area contributed by atoms with Gasteiger partial charge in [-0.05, 0) is 54.3 Å². The summed E-state index contributed by atoms with van der Waals surface area (Å²) in [6.07, 6.45) is 0. The molecule has 0 aliphatic carbocycles. The number of anilines is 1. The van der Waals surface area contributed by atoms with E-state index >= 15 is 0 Å². The average Bonchev–Trinajstić information content (AvgIpc) is 3.17. The highest BCUT2D eigenvalue weighted by Crippen LogP contribution is 2.28. The third-order valence-corrected chi connectivity index (χ3v) is 5.65. The lowest BCUT2D eigenvalue weighted by Crippen LogP contribution is -2.19. The fourth-order valence-electron chi connectivity index (χ4n) is 3.82. The van der Waals surface area contributed by atoms with Gasteiger partial charge in [-0.3, -0.25) is 4.79 Å². The molecule has 0 saturated heterocycles. The van der Waals surface area contributed by atoms with Gasteiger partial charge in [-0.15, -0.1) is 0 Å². The number of rotatable bonds is 6. The van der Waals surface area contributed by atoms with E-state index < -0.39 is 0 Å². The minimum Gasteiger partial charge on any atom is -0.462 e. The van der Waals surface area contributed by atoms with E-state index in [1.807, 2.05) is 28.8 Å². The van der Waals surface area contributed by atoms with E-state index in [9.17, 15) is 9.59 Å². The third kappa shape index (κ3) is 5.01. The van der Waals surface area contributed by atoms with Gasteiger partial charge in [0.15, 0.2) is 0 Å². The van der Waals surface area contributed by atoms with Crippen molar-refractivity contribution < 1.29 is 14.3 Å². The highest BCUT2D eigenvalue weighted by atomic mass is 16.5. The van der Waals surface area contributed by atoms with Crippen LogP contribution in [0.5, 0.6) is 0 Å². The van der Waals surface area contributed by atoms with Crippen LogP contribution in [0.25, 0.3) is 22.4 Å². The van der Waals surface area contributed by atoms with Gasteiger partial charge in [0.1, 0.15) is 12.4 Å². The van der Waals surface area contributed by atoms with Crippen molar-refractivity contribution in [3.63, 3.8) is 0 Å². The van der Waals surface area contributed by atoms with Crippen molar-refractivity contribution in [2.24, 2.45) is 0 Å². The van der Waals surface area contributed by atoms with Gasteiger partial charge in [0.25, 0.3) is 0 Å². The van der Waals surface area contributed by atoms with Crippen molar-refractivity contribution in [1.29, 1.82) is 0 Å². The Balaban J connectivity index is 1.59. The molecule has 6 heteroatoms. The number of imidazole rings is 1. The highest BCUT2D eigenvalue weighted by molar-refractivity contribution is 5.94. The second-order valence-corrected chi connectivity index (χ2v) is 9.18. The van der Waals surface area contributed by atoms with E-state index in [4.69, 9.17) is 9.72 Å². The van der Waals surface area contributed by atoms with Gasteiger partial charge >= 0.3 is 5.97 Å². The molecule has 4 rings (SSSR count). The molecular formula is C28H29N3O3. The third-order valence-electron chi connectivity index (χ3n) is 5.65. The number of ether oxygens (including phenoxy) is 1. The number of fused-ring (bicyclic) bond motifs is 1. The zero-order valence-electron chi connectivity index (χ0n) is 20.0. The van der Waals surface area contributed by atoms with E-state index in [1.165, 1.54) is 5.56 Å². The van der Waals surface area contributed by atoms with Crippen LogP contribution in [0, 0.1) is 0 Å². The summed E-state index contributed by atoms with van der Waals surface area (Å²) >= 11 is 0. The molecule has 6 nitrogen and oxygen atoms in total. The number of carbonyl (C=O) groups is 2. The molecule has 0 spiro atoms. The average molecular weight is 456 g/mol. The number of nitrogens with zero attached hydrogens (tertiary/aromatic N) is 2. The van der Waals surface area contributed by atoms with E-state index in [1.54, 1.807) is 31.2 Å². The van der Waals surface area contributed by atoms with Gasteiger partial charge in [0, 0.05) is 11.3 Å². The van der Waals surface area contributed by atoms with Crippen molar-refractivity contribution in [3.8, 4) is 11.4 Å². The topological polar surface area (TPSA) is 73.2 Å². The van der Waals surface area contributed by atoms with E-state index in [2.05, 4.69) is 50.4 Å². The summed E-state index contributed by atoms with van der Waals surface area (Å²) in [5.41, 5.74) is 5.04. The second kappa shape index (κ2) is 9.51. The first kappa shape index (κ1) is 23.2. The summed E-state index contributed by atoms with van der Waals surface area (Å²) in [7, 11) is 0. The molecule has 0 aliphatic rings. The number of carbonyl (C=O) groups excluding carboxylic acids is 2. The first-order valence-corrected chi connectivity index (χ1v) is 11.4. The minimum absolute atomic E-state index is 0.0569. The number of amides is 1. The molecule has 1 N–H and O–H groups in total. The van der Waals surface area contributed by atoms with Gasteiger partial charge < -0.3 is 14.6 Å². The first-order chi connectivity index (χ1) is 16.3. The van der Waals surface area contributed by atoms with Crippen molar-refractivity contribution >= 4 is 28.6 Å². The minimum atomic E-state index is -0.382. The molecule has 0 bridgehead atoms. The molecular weight excluding hydrogens is 426 g/mol. The van der Waals surface area contributed by atoms with Gasteiger partial charge in [0.2, 0.25) is 5.91 Å². The van der Waals surface area contributed by atoms with Crippen LogP contribution in [-0.4, -0.2) is 28.0 Å². The molecule has 0 fully saturated rings. The molecule has 34 heavy (non-hydrogen) atoms. The van der Waals surface area contributed by atoms with Crippen LogP contribution in [0.1, 0.15) is 43.6 Å². The van der Waals surface area contributed by atoms with E-state index in [0.29, 0.717) is 17.9 Å². The largest absolute Gasteiger partial charge is 0.462 e. The molecule has 174 valence electrons. The van der Waals surface area contributed by atoms with Crippen LogP contribution in [0.3, 0.4) is 0 Å². The summed E-state index contributed by atoms with van der Waals surface area (Å²) in [6.45, 7) is 8.73. The fraction of sp³-hybridized carbons (Fsp3) is 0.250. The zero-order valence-corrected chi connectivity index (χ0v) is 20.0. The van der Waals surface area contributed by atoms with Crippen LogP contribution in [0.15, 0.2) is 72.8 Å². The SMILES string of the molecule is CCOC(=O)c1ccc(NC(=O)Cn2c(-c3ccc(C(C)(C)C)cc3)nc3ccccc32)cc1. The summed E-state index contributed by atoms with van der Waals surface area (Å²) < 4.78 is 6.94. The lowest BCUT2D eigenvalue weighted by atomic mass is 9.87. The smallest absolute Gasteiger partial charge is 0.338 e. The Morgan fingerprint density at radius 2 is 1.62 bits per heavy atom. The quantitative estimate of drug-likeness (QED) is 0.372. The molecule has 0 aliphatic heterocycles. The first-order valence-electron chi connectivity index (χ1n) is 11.4. The Labute approximate surface area is 199 Å². The fourth-order valence-corrected chi connectivity index (χ4v) is 3.82. The van der Waals surface area contributed by atoms with Crippen molar-refractivity contribution in [1.82, 2.24) is 9.55 Å².